The van der Waals surface area contributed by atoms with Crippen LogP contribution < -0.4 is 9.47 Å². The molecule has 0 aromatic heterocycles. The molecule has 86 valence electrons. The maximum Gasteiger partial charge on any atom is 0.227 e. The number of carbonyl (C=O) groups is 1. The zero-order valence-electron chi connectivity index (χ0n) is 9.74. The zero-order chi connectivity index (χ0) is 11.7. The Bertz CT molecular complexity index is 429. The van der Waals surface area contributed by atoms with E-state index in [2.05, 4.69) is 0 Å². The summed E-state index contributed by atoms with van der Waals surface area (Å²) in [4.78, 5) is 13.3. The average molecular weight is 221 g/mol. The number of methoxy groups -OCH3 is 2. The van der Waals surface area contributed by atoms with Crippen LogP contribution in [0.3, 0.4) is 0 Å². The Balaban J connectivity index is 2.45. The zero-order valence-corrected chi connectivity index (χ0v) is 9.74. The number of ether oxygens (including phenoxy) is 2. The number of rotatable bonds is 2. The van der Waals surface area contributed by atoms with E-state index in [1.165, 1.54) is 0 Å². The van der Waals surface area contributed by atoms with Crippen molar-refractivity contribution < 1.29 is 14.3 Å². The second-order valence-corrected chi connectivity index (χ2v) is 3.90. The van der Waals surface area contributed by atoms with Crippen LogP contribution in [0.25, 0.3) is 0 Å². The van der Waals surface area contributed by atoms with E-state index in [0.29, 0.717) is 24.5 Å². The normalized spacial score (nSPS) is 14.7. The predicted molar refractivity (Wildman–Crippen MR) is 59.7 cm³/mol. The van der Waals surface area contributed by atoms with Crippen LogP contribution in [0.15, 0.2) is 12.1 Å². The maximum atomic E-state index is 11.6. The molecule has 0 fully saturated rings. The molecular weight excluding hydrogens is 206 g/mol. The summed E-state index contributed by atoms with van der Waals surface area (Å²) < 4.78 is 10.5. The van der Waals surface area contributed by atoms with Crippen LogP contribution in [0.5, 0.6) is 11.5 Å². The number of fused-ring (bicyclic) bond motifs is 1. The van der Waals surface area contributed by atoms with Gasteiger partial charge in [-0.25, -0.2) is 0 Å². The lowest BCUT2D eigenvalue weighted by molar-refractivity contribution is -0.130. The summed E-state index contributed by atoms with van der Waals surface area (Å²) in [6, 6.07) is 3.83. The van der Waals surface area contributed by atoms with E-state index in [1.807, 2.05) is 19.2 Å². The second kappa shape index (κ2) is 4.04. The smallest absolute Gasteiger partial charge is 0.227 e. The molecule has 1 heterocycles. The molecule has 1 aliphatic rings. The molecule has 0 saturated carbocycles. The highest BCUT2D eigenvalue weighted by atomic mass is 16.5. The molecule has 0 aliphatic carbocycles. The molecule has 1 aliphatic heterocycles. The third-order valence-corrected chi connectivity index (χ3v) is 2.88. The van der Waals surface area contributed by atoms with Crippen LogP contribution >= 0.6 is 0 Å². The number of likely N-dealkylation sites (N-methyl/N-ethyl adjacent to an activating group) is 1. The first-order valence-electron chi connectivity index (χ1n) is 5.13. The SMILES string of the molecule is COc1cc2c(cc1OC)CN(C)C(=O)C2. The Kier molecular flexibility index (Phi) is 2.73. The molecule has 1 aromatic carbocycles. The molecule has 1 aromatic rings. The van der Waals surface area contributed by atoms with Gasteiger partial charge in [-0.1, -0.05) is 0 Å². The number of carbonyl (C=O) groups excluding carboxylic acids is 1. The molecular formula is C12H15NO3. The largest absolute Gasteiger partial charge is 0.493 e. The summed E-state index contributed by atoms with van der Waals surface area (Å²) >= 11 is 0. The lowest BCUT2D eigenvalue weighted by Crippen LogP contribution is -2.32. The van der Waals surface area contributed by atoms with E-state index in [0.717, 1.165) is 11.1 Å². The van der Waals surface area contributed by atoms with E-state index in [1.54, 1.807) is 19.1 Å². The lowest BCUT2D eigenvalue weighted by Gasteiger charge is -2.26. The van der Waals surface area contributed by atoms with Gasteiger partial charge >= 0.3 is 0 Å². The van der Waals surface area contributed by atoms with Crippen molar-refractivity contribution in [3.05, 3.63) is 23.3 Å². The molecule has 0 saturated heterocycles. The molecule has 2 rings (SSSR count). The monoisotopic (exact) mass is 221 g/mol. The highest BCUT2D eigenvalue weighted by Gasteiger charge is 2.22. The van der Waals surface area contributed by atoms with Crippen LogP contribution in [0.2, 0.25) is 0 Å². The average Bonchev–Trinajstić information content (AvgIpc) is 2.29. The number of hydrogen-bond donors (Lipinski definition) is 0. The molecule has 0 spiro atoms. The van der Waals surface area contributed by atoms with Gasteiger partial charge in [0.1, 0.15) is 0 Å². The predicted octanol–water partition coefficient (Wildman–Crippen LogP) is 1.22. The summed E-state index contributed by atoms with van der Waals surface area (Å²) in [5, 5.41) is 0. The minimum atomic E-state index is 0.139. The molecule has 0 radical (unpaired) electrons. The number of benzene rings is 1. The lowest BCUT2D eigenvalue weighted by atomic mass is 9.99. The number of amides is 1. The van der Waals surface area contributed by atoms with Crippen molar-refractivity contribution >= 4 is 5.91 Å². The van der Waals surface area contributed by atoms with Crippen molar-refractivity contribution in [3.63, 3.8) is 0 Å². The minimum Gasteiger partial charge on any atom is -0.493 e. The first kappa shape index (κ1) is 10.8. The fourth-order valence-corrected chi connectivity index (χ4v) is 1.92. The fourth-order valence-electron chi connectivity index (χ4n) is 1.92. The van der Waals surface area contributed by atoms with Crippen LogP contribution in [-0.2, 0) is 17.8 Å². The summed E-state index contributed by atoms with van der Waals surface area (Å²) in [6.45, 7) is 0.633. The van der Waals surface area contributed by atoms with Crippen molar-refractivity contribution in [2.24, 2.45) is 0 Å². The summed E-state index contributed by atoms with van der Waals surface area (Å²) in [6.07, 6.45) is 0.437. The van der Waals surface area contributed by atoms with Gasteiger partial charge in [-0.2, -0.15) is 0 Å². The van der Waals surface area contributed by atoms with Gasteiger partial charge in [0, 0.05) is 13.6 Å². The second-order valence-electron chi connectivity index (χ2n) is 3.90. The third kappa shape index (κ3) is 1.71. The van der Waals surface area contributed by atoms with E-state index in [4.69, 9.17) is 9.47 Å². The topological polar surface area (TPSA) is 38.8 Å². The van der Waals surface area contributed by atoms with Crippen molar-refractivity contribution in [3.8, 4) is 11.5 Å². The van der Waals surface area contributed by atoms with Gasteiger partial charge in [-0.05, 0) is 23.3 Å². The standard InChI is InChI=1S/C12H15NO3/c1-13-7-9-5-11(16-3)10(15-2)4-8(9)6-12(13)14/h4-5H,6-7H2,1-3H3. The van der Waals surface area contributed by atoms with Crippen LogP contribution in [0.4, 0.5) is 0 Å². The van der Waals surface area contributed by atoms with Crippen molar-refractivity contribution in [1.82, 2.24) is 4.90 Å². The number of nitrogens with zero attached hydrogens (tertiary/aromatic N) is 1. The van der Waals surface area contributed by atoms with E-state index in [-0.39, 0.29) is 5.91 Å². The van der Waals surface area contributed by atoms with E-state index in [9.17, 15) is 4.79 Å². The minimum absolute atomic E-state index is 0.139. The van der Waals surface area contributed by atoms with Gasteiger partial charge < -0.3 is 14.4 Å². The van der Waals surface area contributed by atoms with E-state index < -0.39 is 0 Å². The summed E-state index contributed by atoms with van der Waals surface area (Å²) in [5.41, 5.74) is 2.15. The highest BCUT2D eigenvalue weighted by molar-refractivity contribution is 5.81. The van der Waals surface area contributed by atoms with Crippen LogP contribution in [0.1, 0.15) is 11.1 Å². The Morgan fingerprint density at radius 1 is 1.12 bits per heavy atom. The third-order valence-electron chi connectivity index (χ3n) is 2.88. The van der Waals surface area contributed by atoms with Gasteiger partial charge in [-0.3, -0.25) is 4.79 Å². The van der Waals surface area contributed by atoms with Crippen molar-refractivity contribution in [1.29, 1.82) is 0 Å². The first-order chi connectivity index (χ1) is 7.65. The van der Waals surface area contributed by atoms with Gasteiger partial charge in [0.05, 0.1) is 20.6 Å². The van der Waals surface area contributed by atoms with Crippen LogP contribution in [-0.4, -0.2) is 32.1 Å². The Morgan fingerprint density at radius 3 is 2.25 bits per heavy atom. The molecule has 4 heteroatoms. The van der Waals surface area contributed by atoms with Crippen molar-refractivity contribution in [2.75, 3.05) is 21.3 Å². The quantitative estimate of drug-likeness (QED) is 0.753. The molecule has 0 bridgehead atoms. The van der Waals surface area contributed by atoms with Gasteiger partial charge in [0.15, 0.2) is 11.5 Å². The summed E-state index contributed by atoms with van der Waals surface area (Å²) in [5.74, 6) is 1.53. The van der Waals surface area contributed by atoms with Crippen molar-refractivity contribution in [2.45, 2.75) is 13.0 Å². The van der Waals surface area contributed by atoms with Crippen LogP contribution in [0, 0.1) is 0 Å². The molecule has 0 N–H and O–H groups in total. The Hall–Kier alpha value is -1.71. The van der Waals surface area contributed by atoms with Gasteiger partial charge in [0.25, 0.3) is 0 Å². The molecule has 4 nitrogen and oxygen atoms in total. The van der Waals surface area contributed by atoms with E-state index >= 15 is 0 Å². The molecule has 16 heavy (non-hydrogen) atoms. The summed E-state index contributed by atoms with van der Waals surface area (Å²) in [7, 11) is 5.02. The first-order valence-corrected chi connectivity index (χ1v) is 5.13. The molecule has 0 atom stereocenters. The fraction of sp³-hybridized carbons (Fsp3) is 0.417. The Labute approximate surface area is 94.8 Å². The molecule has 0 unspecified atom stereocenters. The molecule has 1 amide bonds. The highest BCUT2D eigenvalue weighted by Crippen LogP contribution is 2.33. The number of hydrogen-bond acceptors (Lipinski definition) is 3. The maximum absolute atomic E-state index is 11.6. The van der Waals surface area contributed by atoms with Gasteiger partial charge in [0.2, 0.25) is 5.91 Å². The Morgan fingerprint density at radius 2 is 1.69 bits per heavy atom. The van der Waals surface area contributed by atoms with Gasteiger partial charge in [-0.15, -0.1) is 0 Å².